The van der Waals surface area contributed by atoms with E-state index in [0.29, 0.717) is 21.5 Å². The minimum Gasteiger partial charge on any atom is -0.371 e. The van der Waals surface area contributed by atoms with Crippen molar-refractivity contribution in [3.05, 3.63) is 45.6 Å². The van der Waals surface area contributed by atoms with Crippen LogP contribution in [-0.2, 0) is 0 Å². The Morgan fingerprint density at radius 3 is 2.39 bits per heavy atom. The van der Waals surface area contributed by atoms with Crippen LogP contribution in [-0.4, -0.2) is 55.9 Å². The van der Waals surface area contributed by atoms with Crippen LogP contribution in [0, 0.1) is 0 Å². The van der Waals surface area contributed by atoms with E-state index < -0.39 is 17.4 Å². The van der Waals surface area contributed by atoms with E-state index in [9.17, 15) is 13.2 Å². The molecule has 0 bridgehead atoms. The smallest absolute Gasteiger partial charge is 0.371 e. The lowest BCUT2D eigenvalue weighted by Crippen LogP contribution is -2.58. The fourth-order valence-electron chi connectivity index (χ4n) is 3.65. The molecule has 3 rings (SSSR count). The molecule has 0 radical (unpaired) electrons. The SMILES string of the molecule is C=N/C(=C\C(=C/C)CN=C1Nc2cc(Cl)c(Cl)cc2NC12CCN(C)CC2)C(F)(F)F. The molecule has 0 amide bonds. The van der Waals surface area contributed by atoms with Gasteiger partial charge in [-0.15, -0.1) is 0 Å². The summed E-state index contributed by atoms with van der Waals surface area (Å²) < 4.78 is 39.2. The molecule has 0 aliphatic carbocycles. The Balaban J connectivity index is 1.95. The Morgan fingerprint density at radius 2 is 1.84 bits per heavy atom. The summed E-state index contributed by atoms with van der Waals surface area (Å²) in [7, 11) is 2.05. The zero-order chi connectivity index (χ0) is 22.8. The summed E-state index contributed by atoms with van der Waals surface area (Å²) in [6.45, 7) is 6.45. The topological polar surface area (TPSA) is 52.0 Å². The van der Waals surface area contributed by atoms with E-state index in [1.807, 2.05) is 7.05 Å². The second kappa shape index (κ2) is 9.22. The number of amidine groups is 1. The number of likely N-dealkylation sites (tertiary alicyclic amines) is 1. The number of nitrogens with zero attached hydrogens (tertiary/aromatic N) is 3. The molecule has 2 aliphatic rings. The van der Waals surface area contributed by atoms with Crippen LogP contribution in [0.25, 0.3) is 0 Å². The fraction of sp³-hybridized carbons (Fsp3) is 0.429. The molecular formula is C21H24Cl2F3N5. The second-order valence-corrected chi connectivity index (χ2v) is 8.48. The highest BCUT2D eigenvalue weighted by molar-refractivity contribution is 6.42. The minimum absolute atomic E-state index is 0.0594. The number of nitrogens with one attached hydrogen (secondary N) is 2. The first kappa shape index (κ1) is 23.6. The van der Waals surface area contributed by atoms with Crippen molar-refractivity contribution in [2.45, 2.75) is 31.5 Å². The molecule has 0 unspecified atom stereocenters. The van der Waals surface area contributed by atoms with E-state index in [1.165, 1.54) is 0 Å². The van der Waals surface area contributed by atoms with Crippen molar-refractivity contribution in [3.8, 4) is 0 Å². The number of rotatable bonds is 4. The molecule has 1 saturated heterocycles. The lowest BCUT2D eigenvalue weighted by atomic mass is 9.84. The molecule has 2 heterocycles. The molecule has 1 aromatic carbocycles. The van der Waals surface area contributed by atoms with Gasteiger partial charge < -0.3 is 15.5 Å². The molecule has 0 aromatic heterocycles. The molecule has 0 atom stereocenters. The number of anilines is 2. The van der Waals surface area contributed by atoms with Gasteiger partial charge in [-0.3, -0.25) is 9.98 Å². The minimum atomic E-state index is -4.57. The van der Waals surface area contributed by atoms with Gasteiger partial charge in [-0.1, -0.05) is 29.3 Å². The molecule has 31 heavy (non-hydrogen) atoms. The first-order chi connectivity index (χ1) is 14.6. The third-order valence-electron chi connectivity index (χ3n) is 5.55. The van der Waals surface area contributed by atoms with E-state index >= 15 is 0 Å². The summed E-state index contributed by atoms with van der Waals surface area (Å²) in [5, 5.41) is 7.74. The van der Waals surface area contributed by atoms with Crippen molar-refractivity contribution in [2.24, 2.45) is 9.98 Å². The van der Waals surface area contributed by atoms with E-state index in [4.69, 9.17) is 23.2 Å². The van der Waals surface area contributed by atoms with Gasteiger partial charge in [0.25, 0.3) is 0 Å². The lowest BCUT2D eigenvalue weighted by molar-refractivity contribution is -0.0922. The molecule has 168 valence electrons. The molecule has 1 aromatic rings. The van der Waals surface area contributed by atoms with E-state index in [1.54, 1.807) is 25.1 Å². The number of fused-ring (bicyclic) bond motifs is 1. The van der Waals surface area contributed by atoms with Crippen molar-refractivity contribution in [3.63, 3.8) is 0 Å². The van der Waals surface area contributed by atoms with Crippen LogP contribution in [0.1, 0.15) is 19.8 Å². The van der Waals surface area contributed by atoms with Gasteiger partial charge in [-0.2, -0.15) is 13.2 Å². The van der Waals surface area contributed by atoms with Crippen molar-refractivity contribution in [1.82, 2.24) is 4.90 Å². The average molecular weight is 474 g/mol. The number of hydrogen-bond donors (Lipinski definition) is 2. The molecule has 1 fully saturated rings. The Labute approximate surface area is 189 Å². The summed E-state index contributed by atoms with van der Waals surface area (Å²) in [6, 6.07) is 3.48. The maximum Gasteiger partial charge on any atom is 0.433 e. The first-order valence-corrected chi connectivity index (χ1v) is 10.5. The Hall–Kier alpha value is -2.03. The van der Waals surface area contributed by atoms with Gasteiger partial charge in [0.15, 0.2) is 0 Å². The summed E-state index contributed by atoms with van der Waals surface area (Å²) in [6.07, 6.45) is -0.462. The van der Waals surface area contributed by atoms with Crippen molar-refractivity contribution >= 4 is 47.1 Å². The van der Waals surface area contributed by atoms with Crippen LogP contribution < -0.4 is 10.6 Å². The fourth-order valence-corrected chi connectivity index (χ4v) is 3.98. The highest BCUT2D eigenvalue weighted by atomic mass is 35.5. The van der Waals surface area contributed by atoms with Crippen LogP contribution >= 0.6 is 23.2 Å². The van der Waals surface area contributed by atoms with E-state index in [-0.39, 0.29) is 6.54 Å². The summed E-state index contributed by atoms with van der Waals surface area (Å²) >= 11 is 12.4. The number of hydrogen-bond acceptors (Lipinski definition) is 4. The number of aliphatic imine (C=N–C) groups is 2. The number of allylic oxidation sites excluding steroid dienone is 2. The third-order valence-corrected chi connectivity index (χ3v) is 6.28. The van der Waals surface area contributed by atoms with Crippen molar-refractivity contribution in [1.29, 1.82) is 0 Å². The summed E-state index contributed by atoms with van der Waals surface area (Å²) in [5.41, 5.74) is 0.412. The number of piperidine rings is 1. The van der Waals surface area contributed by atoms with Gasteiger partial charge in [-0.25, -0.2) is 0 Å². The number of alkyl halides is 3. The van der Waals surface area contributed by atoms with Crippen LogP contribution in [0.3, 0.4) is 0 Å². The molecular weight excluding hydrogens is 450 g/mol. The summed E-state index contributed by atoms with van der Waals surface area (Å²) in [5.74, 6) is 0.666. The monoisotopic (exact) mass is 473 g/mol. The van der Waals surface area contributed by atoms with Gasteiger partial charge >= 0.3 is 6.18 Å². The lowest BCUT2D eigenvalue weighted by Gasteiger charge is -2.46. The predicted octanol–water partition coefficient (Wildman–Crippen LogP) is 5.79. The third kappa shape index (κ3) is 5.25. The van der Waals surface area contributed by atoms with Gasteiger partial charge in [0.1, 0.15) is 11.5 Å². The summed E-state index contributed by atoms with van der Waals surface area (Å²) in [4.78, 5) is 10.0. The Morgan fingerprint density at radius 1 is 1.23 bits per heavy atom. The number of benzene rings is 1. The second-order valence-electron chi connectivity index (χ2n) is 7.66. The molecule has 2 aliphatic heterocycles. The molecule has 5 nitrogen and oxygen atoms in total. The molecule has 2 N–H and O–H groups in total. The van der Waals surface area contributed by atoms with E-state index in [0.717, 1.165) is 43.4 Å². The highest BCUT2D eigenvalue weighted by Gasteiger charge is 2.42. The van der Waals surface area contributed by atoms with Crippen LogP contribution in [0.15, 0.2) is 45.5 Å². The molecule has 0 saturated carbocycles. The average Bonchev–Trinajstić information content (AvgIpc) is 2.71. The highest BCUT2D eigenvalue weighted by Crippen LogP contribution is 2.41. The van der Waals surface area contributed by atoms with Crippen LogP contribution in [0.2, 0.25) is 10.0 Å². The van der Waals surface area contributed by atoms with Crippen LogP contribution in [0.4, 0.5) is 24.5 Å². The molecule has 1 spiro atoms. The first-order valence-electron chi connectivity index (χ1n) is 9.76. The maximum atomic E-state index is 13.1. The zero-order valence-corrected chi connectivity index (χ0v) is 18.8. The Kier molecular flexibility index (Phi) is 7.03. The van der Waals surface area contributed by atoms with Gasteiger partial charge in [-0.05, 0) is 57.3 Å². The van der Waals surface area contributed by atoms with Gasteiger partial charge in [0, 0.05) is 13.1 Å². The molecule has 10 heteroatoms. The van der Waals surface area contributed by atoms with Crippen molar-refractivity contribution < 1.29 is 13.2 Å². The van der Waals surface area contributed by atoms with Crippen molar-refractivity contribution in [2.75, 3.05) is 37.3 Å². The van der Waals surface area contributed by atoms with Crippen LogP contribution in [0.5, 0.6) is 0 Å². The number of halogens is 5. The normalized spacial score (nSPS) is 20.9. The van der Waals surface area contributed by atoms with Gasteiger partial charge in [0.2, 0.25) is 0 Å². The maximum absolute atomic E-state index is 13.1. The van der Waals surface area contributed by atoms with E-state index in [2.05, 4.69) is 32.2 Å². The predicted molar refractivity (Wildman–Crippen MR) is 123 cm³/mol. The zero-order valence-electron chi connectivity index (χ0n) is 17.3. The standard InChI is InChI=1S/C21H24Cl2F3N5/c1-4-13(9-18(27-2)21(24,25)26)12-28-19-20(5-7-31(3)8-6-20)30-17-11-15(23)14(22)10-16(17)29-19/h4,9-11,30H,2,5-8,12H2,1,3H3,(H,28,29)/b13-4+,18-9-. The quantitative estimate of drug-likeness (QED) is 0.429. The van der Waals surface area contributed by atoms with Gasteiger partial charge in [0.05, 0.1) is 33.5 Å². The Bertz CT molecular complexity index is 945. The largest absolute Gasteiger partial charge is 0.433 e.